The van der Waals surface area contributed by atoms with Gasteiger partial charge in [0.05, 0.1) is 8.07 Å². The summed E-state index contributed by atoms with van der Waals surface area (Å²) in [6.07, 6.45) is 1.74. The van der Waals surface area contributed by atoms with E-state index in [0.717, 1.165) is 0 Å². The Hall–Kier alpha value is -0.0931. The minimum absolute atomic E-state index is 0.592. The fraction of sp³-hybridized carbons (Fsp3) is 0.571. The van der Waals surface area contributed by atoms with Gasteiger partial charge in [0.15, 0.2) is 0 Å². The van der Waals surface area contributed by atoms with Crippen molar-refractivity contribution in [1.29, 1.82) is 0 Å². The molecule has 0 aliphatic carbocycles. The first-order valence-corrected chi connectivity index (χ1v) is 8.01. The number of hydrogen-bond donors (Lipinski definition) is 1. The number of aliphatic carboxylic acids is 1. The number of carboxylic acid groups (broad SMARTS) is 1. The molecule has 0 rings (SSSR count). The minimum atomic E-state index is -1.64. The molecule has 4 heteroatoms. The molecule has 0 saturated carbocycles. The molecule has 0 saturated heterocycles. The molecule has 0 fully saturated rings. The molecule has 0 atom stereocenters. The van der Waals surface area contributed by atoms with E-state index in [4.69, 9.17) is 5.11 Å². The van der Waals surface area contributed by atoms with Crippen LogP contribution >= 0.6 is 15.9 Å². The highest BCUT2D eigenvalue weighted by atomic mass is 79.9. The summed E-state index contributed by atoms with van der Waals surface area (Å²) in [5.41, 5.74) is 0. The first kappa shape index (κ1) is 10.9. The molecule has 0 heterocycles. The number of carbonyl (C=O) groups is 1. The Balaban J connectivity index is 4.63. The summed E-state index contributed by atoms with van der Waals surface area (Å²) in [6, 6.07) is 0. The second kappa shape index (κ2) is 4.06. The van der Waals surface area contributed by atoms with Crippen molar-refractivity contribution in [3.63, 3.8) is 0 Å². The van der Waals surface area contributed by atoms with Gasteiger partial charge in [-0.3, -0.25) is 0 Å². The summed E-state index contributed by atoms with van der Waals surface area (Å²) in [4.78, 5) is 10.7. The van der Waals surface area contributed by atoms with Crippen LogP contribution in [0, 0.1) is 0 Å². The predicted octanol–water partition coefficient (Wildman–Crippen LogP) is 2.27. The maximum Gasteiger partial charge on any atom is 0.327 e. The van der Waals surface area contributed by atoms with Gasteiger partial charge in [-0.15, -0.1) is 0 Å². The van der Waals surface area contributed by atoms with Crippen molar-refractivity contribution in [3.8, 4) is 0 Å². The lowest BCUT2D eigenvalue weighted by molar-refractivity contribution is -0.132. The van der Waals surface area contributed by atoms with Crippen LogP contribution in [0.25, 0.3) is 0 Å². The normalized spacial score (nSPS) is 13.3. The Morgan fingerprint density at radius 3 is 2.09 bits per heavy atom. The average Bonchev–Trinajstić information content (AvgIpc) is 1.79. The van der Waals surface area contributed by atoms with E-state index in [9.17, 15) is 4.79 Å². The zero-order chi connectivity index (χ0) is 9.07. The van der Waals surface area contributed by atoms with Crippen LogP contribution in [-0.4, -0.2) is 24.5 Å². The maximum absolute atomic E-state index is 10.7. The molecule has 0 spiro atoms. The average molecular weight is 237 g/mol. The van der Waals surface area contributed by atoms with Crippen LogP contribution < -0.4 is 0 Å². The van der Waals surface area contributed by atoms with E-state index in [2.05, 4.69) is 15.9 Å². The molecule has 2 nitrogen and oxygen atoms in total. The number of hydrogen-bond acceptors (Lipinski definition) is 1. The Kier molecular flexibility index (Phi) is 4.03. The molecule has 64 valence electrons. The third-order valence-electron chi connectivity index (χ3n) is 1.32. The molecule has 11 heavy (non-hydrogen) atoms. The van der Waals surface area contributed by atoms with Gasteiger partial charge in [-0.1, -0.05) is 41.6 Å². The van der Waals surface area contributed by atoms with E-state index in [1.807, 2.05) is 19.6 Å². The lowest BCUT2D eigenvalue weighted by atomic mass is 10.5. The van der Waals surface area contributed by atoms with E-state index in [1.54, 1.807) is 6.08 Å². The van der Waals surface area contributed by atoms with Crippen molar-refractivity contribution >= 4 is 30.0 Å². The Bertz CT molecular complexity index is 181. The lowest BCUT2D eigenvalue weighted by Crippen LogP contribution is -2.29. The summed E-state index contributed by atoms with van der Waals surface area (Å²) in [5.74, 6) is -0.774. The predicted molar refractivity (Wildman–Crippen MR) is 52.9 cm³/mol. The van der Waals surface area contributed by atoms with Crippen molar-refractivity contribution in [1.82, 2.24) is 0 Å². The molecule has 0 aliphatic rings. The van der Waals surface area contributed by atoms with Gasteiger partial charge < -0.3 is 5.11 Å². The van der Waals surface area contributed by atoms with E-state index in [1.165, 1.54) is 0 Å². The second-order valence-electron chi connectivity index (χ2n) is 3.33. The van der Waals surface area contributed by atoms with Crippen molar-refractivity contribution in [2.75, 3.05) is 5.33 Å². The third kappa shape index (κ3) is 3.72. The smallest absolute Gasteiger partial charge is 0.327 e. The standard InChI is InChI=1S/C7H13BrO2Si/c1-11(2,3)6(4-5-8)7(9)10/h4H,5H2,1-3H3,(H,9,10)/b6-4-. The molecule has 0 aliphatic heterocycles. The Morgan fingerprint density at radius 1 is 1.55 bits per heavy atom. The van der Waals surface area contributed by atoms with Gasteiger partial charge in [-0.25, -0.2) is 4.79 Å². The SMILES string of the molecule is C[Si](C)(C)/C(=C\CBr)C(=O)O. The van der Waals surface area contributed by atoms with Gasteiger partial charge in [-0.2, -0.15) is 0 Å². The number of rotatable bonds is 3. The molecule has 0 unspecified atom stereocenters. The lowest BCUT2D eigenvalue weighted by Gasteiger charge is -2.16. The van der Waals surface area contributed by atoms with E-state index >= 15 is 0 Å². The number of halogens is 1. The van der Waals surface area contributed by atoms with Crippen molar-refractivity contribution in [2.24, 2.45) is 0 Å². The van der Waals surface area contributed by atoms with E-state index in [0.29, 0.717) is 10.5 Å². The van der Waals surface area contributed by atoms with Crippen LogP contribution in [-0.2, 0) is 4.79 Å². The highest BCUT2D eigenvalue weighted by Crippen LogP contribution is 2.14. The largest absolute Gasteiger partial charge is 0.478 e. The van der Waals surface area contributed by atoms with E-state index in [-0.39, 0.29) is 0 Å². The number of allylic oxidation sites excluding steroid dienone is 1. The van der Waals surface area contributed by atoms with Crippen LogP contribution in [0.5, 0.6) is 0 Å². The van der Waals surface area contributed by atoms with Crippen LogP contribution in [0.1, 0.15) is 0 Å². The van der Waals surface area contributed by atoms with Crippen molar-refractivity contribution in [3.05, 3.63) is 11.3 Å². The van der Waals surface area contributed by atoms with Gasteiger partial charge in [0.1, 0.15) is 0 Å². The first-order chi connectivity index (χ1) is 4.89. The van der Waals surface area contributed by atoms with Crippen molar-refractivity contribution < 1.29 is 9.90 Å². The summed E-state index contributed by atoms with van der Waals surface area (Å²) in [7, 11) is -1.64. The summed E-state index contributed by atoms with van der Waals surface area (Å²) in [6.45, 7) is 6.07. The molecular weight excluding hydrogens is 224 g/mol. The van der Waals surface area contributed by atoms with Crippen LogP contribution in [0.15, 0.2) is 11.3 Å². The highest BCUT2D eigenvalue weighted by Gasteiger charge is 2.24. The highest BCUT2D eigenvalue weighted by molar-refractivity contribution is 9.09. The van der Waals surface area contributed by atoms with Crippen LogP contribution in [0.3, 0.4) is 0 Å². The quantitative estimate of drug-likeness (QED) is 0.464. The second-order valence-corrected chi connectivity index (χ2v) is 9.01. The molecule has 0 bridgehead atoms. The molecule has 0 amide bonds. The van der Waals surface area contributed by atoms with Crippen LogP contribution in [0.4, 0.5) is 0 Å². The topological polar surface area (TPSA) is 37.3 Å². The van der Waals surface area contributed by atoms with Crippen LogP contribution in [0.2, 0.25) is 19.6 Å². The van der Waals surface area contributed by atoms with Gasteiger partial charge in [0.25, 0.3) is 0 Å². The molecule has 0 aromatic carbocycles. The summed E-state index contributed by atoms with van der Waals surface area (Å²) >= 11 is 3.19. The summed E-state index contributed by atoms with van der Waals surface area (Å²) in [5, 5.41) is 10.0. The number of alkyl halides is 1. The third-order valence-corrected chi connectivity index (χ3v) is 3.68. The number of carboxylic acids is 1. The zero-order valence-corrected chi connectivity index (χ0v) is 9.60. The van der Waals surface area contributed by atoms with Gasteiger partial charge in [-0.05, 0) is 0 Å². The fourth-order valence-corrected chi connectivity index (χ4v) is 2.77. The van der Waals surface area contributed by atoms with Gasteiger partial charge in [0, 0.05) is 10.5 Å². The maximum atomic E-state index is 10.7. The fourth-order valence-electron chi connectivity index (χ4n) is 0.791. The Morgan fingerprint density at radius 2 is 2.00 bits per heavy atom. The summed E-state index contributed by atoms with van der Waals surface area (Å²) < 4.78 is 0. The van der Waals surface area contributed by atoms with Gasteiger partial charge in [0.2, 0.25) is 0 Å². The molecule has 0 aromatic heterocycles. The van der Waals surface area contributed by atoms with Gasteiger partial charge >= 0.3 is 5.97 Å². The molecule has 0 radical (unpaired) electrons. The van der Waals surface area contributed by atoms with Crippen molar-refractivity contribution in [2.45, 2.75) is 19.6 Å². The monoisotopic (exact) mass is 236 g/mol. The molecule has 1 N–H and O–H groups in total. The Labute approximate surface area is 76.4 Å². The first-order valence-electron chi connectivity index (χ1n) is 3.39. The molecular formula is C7H13BrO2Si. The molecule has 0 aromatic rings. The zero-order valence-electron chi connectivity index (χ0n) is 7.02. The van der Waals surface area contributed by atoms with E-state index < -0.39 is 14.0 Å². The minimum Gasteiger partial charge on any atom is -0.478 e.